The number of hydrogen-bond acceptors (Lipinski definition) is 5. The van der Waals surface area contributed by atoms with Crippen molar-refractivity contribution in [2.45, 2.75) is 24.2 Å². The van der Waals surface area contributed by atoms with Crippen LogP contribution in [-0.4, -0.2) is 37.9 Å². The molecule has 0 atom stereocenters. The van der Waals surface area contributed by atoms with E-state index in [0.717, 1.165) is 19.3 Å². The maximum atomic E-state index is 12.7. The molecule has 2 heterocycles. The van der Waals surface area contributed by atoms with Gasteiger partial charge in [0.2, 0.25) is 10.0 Å². The van der Waals surface area contributed by atoms with E-state index in [1.165, 1.54) is 28.9 Å². The Labute approximate surface area is 146 Å². The highest BCUT2D eigenvalue weighted by Gasteiger charge is 2.26. The first kappa shape index (κ1) is 17.4. The van der Waals surface area contributed by atoms with E-state index >= 15 is 0 Å². The lowest BCUT2D eigenvalue weighted by molar-refractivity contribution is 0.0955. The number of benzene rings is 1. The van der Waals surface area contributed by atoms with Gasteiger partial charge in [0.15, 0.2) is 0 Å². The fourth-order valence-electron chi connectivity index (χ4n) is 2.64. The number of rotatable bonds is 5. The Balaban J connectivity index is 1.73. The molecule has 2 aromatic rings. The quantitative estimate of drug-likeness (QED) is 0.653. The molecule has 1 aromatic carbocycles. The molecular weight excluding hydrogens is 342 g/mol. The predicted molar refractivity (Wildman–Crippen MR) is 92.8 cm³/mol. The van der Waals surface area contributed by atoms with Crippen LogP contribution in [0.4, 0.5) is 0 Å². The molecule has 0 bridgehead atoms. The standard InChI is InChI=1S/C17H19N3O4S/c21-17(19-18-13-15-7-5-11-24-15)14-6-4-8-16(12-14)25(22,23)20-9-2-1-3-10-20/h4-8,11-13H,1-3,9-10H2,(H,19,21)/b18-13+. The molecule has 8 heteroatoms. The number of sulfonamides is 1. The summed E-state index contributed by atoms with van der Waals surface area (Å²) in [7, 11) is -3.57. The Hall–Kier alpha value is -2.45. The number of amides is 1. The van der Waals surface area contributed by atoms with Gasteiger partial charge in [0.1, 0.15) is 5.76 Å². The highest BCUT2D eigenvalue weighted by atomic mass is 32.2. The summed E-state index contributed by atoms with van der Waals surface area (Å²) in [6.07, 6.45) is 5.63. The van der Waals surface area contributed by atoms with Gasteiger partial charge in [-0.3, -0.25) is 4.79 Å². The van der Waals surface area contributed by atoms with E-state index in [0.29, 0.717) is 18.8 Å². The van der Waals surface area contributed by atoms with Crippen LogP contribution in [0.5, 0.6) is 0 Å². The number of hydrazone groups is 1. The topological polar surface area (TPSA) is 92.0 Å². The van der Waals surface area contributed by atoms with E-state index in [1.807, 2.05) is 0 Å². The number of piperidine rings is 1. The van der Waals surface area contributed by atoms with Gasteiger partial charge in [0.25, 0.3) is 5.91 Å². The molecule has 132 valence electrons. The lowest BCUT2D eigenvalue weighted by Crippen LogP contribution is -2.35. The van der Waals surface area contributed by atoms with Crippen LogP contribution in [0.15, 0.2) is 57.1 Å². The first-order valence-electron chi connectivity index (χ1n) is 8.04. The molecule has 1 saturated heterocycles. The number of nitrogens with one attached hydrogen (secondary N) is 1. The molecular formula is C17H19N3O4S. The summed E-state index contributed by atoms with van der Waals surface area (Å²) in [5, 5.41) is 3.79. The molecule has 1 aliphatic rings. The Kier molecular flexibility index (Phi) is 5.30. The van der Waals surface area contributed by atoms with E-state index < -0.39 is 15.9 Å². The van der Waals surface area contributed by atoms with Crippen LogP contribution in [-0.2, 0) is 10.0 Å². The molecule has 0 aliphatic carbocycles. The van der Waals surface area contributed by atoms with Crippen LogP contribution in [0, 0.1) is 0 Å². The first-order chi connectivity index (χ1) is 12.1. The maximum absolute atomic E-state index is 12.7. The zero-order valence-electron chi connectivity index (χ0n) is 13.6. The maximum Gasteiger partial charge on any atom is 0.271 e. The largest absolute Gasteiger partial charge is 0.463 e. The summed E-state index contributed by atoms with van der Waals surface area (Å²) in [4.78, 5) is 12.3. The lowest BCUT2D eigenvalue weighted by atomic mass is 10.2. The fourth-order valence-corrected chi connectivity index (χ4v) is 4.20. The van der Waals surface area contributed by atoms with Gasteiger partial charge in [-0.05, 0) is 43.2 Å². The van der Waals surface area contributed by atoms with Crippen LogP contribution in [0.25, 0.3) is 0 Å². The summed E-state index contributed by atoms with van der Waals surface area (Å²) < 4.78 is 31.9. The monoisotopic (exact) mass is 361 g/mol. The minimum absolute atomic E-state index is 0.122. The van der Waals surface area contributed by atoms with Gasteiger partial charge in [-0.1, -0.05) is 12.5 Å². The van der Waals surface area contributed by atoms with Gasteiger partial charge < -0.3 is 4.42 Å². The lowest BCUT2D eigenvalue weighted by Gasteiger charge is -2.25. The first-order valence-corrected chi connectivity index (χ1v) is 9.48. The third-order valence-electron chi connectivity index (χ3n) is 3.95. The second-order valence-corrected chi connectivity index (χ2v) is 7.65. The van der Waals surface area contributed by atoms with Crippen LogP contribution in [0.2, 0.25) is 0 Å². The fraction of sp³-hybridized carbons (Fsp3) is 0.294. The van der Waals surface area contributed by atoms with Crippen molar-refractivity contribution < 1.29 is 17.6 Å². The second-order valence-electron chi connectivity index (χ2n) is 5.71. The van der Waals surface area contributed by atoms with E-state index in [2.05, 4.69) is 10.5 Å². The number of furan rings is 1. The number of carbonyl (C=O) groups excluding carboxylic acids is 1. The normalized spacial score (nSPS) is 16.2. The van der Waals surface area contributed by atoms with E-state index in [1.54, 1.807) is 24.3 Å². The Morgan fingerprint density at radius 3 is 2.68 bits per heavy atom. The molecule has 1 N–H and O–H groups in total. The van der Waals surface area contributed by atoms with E-state index in [9.17, 15) is 13.2 Å². The zero-order chi connectivity index (χ0) is 17.7. The van der Waals surface area contributed by atoms with Crippen molar-refractivity contribution in [2.24, 2.45) is 5.10 Å². The average Bonchev–Trinajstić information content (AvgIpc) is 3.16. The number of hydrogen-bond donors (Lipinski definition) is 1. The molecule has 1 aromatic heterocycles. The molecule has 0 spiro atoms. The average molecular weight is 361 g/mol. The van der Waals surface area contributed by atoms with Crippen LogP contribution >= 0.6 is 0 Å². The molecule has 7 nitrogen and oxygen atoms in total. The molecule has 1 aliphatic heterocycles. The van der Waals surface area contributed by atoms with E-state index in [-0.39, 0.29) is 10.5 Å². The van der Waals surface area contributed by atoms with E-state index in [4.69, 9.17) is 4.42 Å². The summed E-state index contributed by atoms with van der Waals surface area (Å²) in [6, 6.07) is 9.39. The molecule has 0 radical (unpaired) electrons. The smallest absolute Gasteiger partial charge is 0.271 e. The van der Waals surface area contributed by atoms with Crippen molar-refractivity contribution in [1.82, 2.24) is 9.73 Å². The molecule has 0 unspecified atom stereocenters. The Morgan fingerprint density at radius 1 is 1.16 bits per heavy atom. The van der Waals surface area contributed by atoms with Crippen LogP contribution in [0.3, 0.4) is 0 Å². The third kappa shape index (κ3) is 4.15. The second kappa shape index (κ2) is 7.62. The summed E-state index contributed by atoms with van der Waals surface area (Å²) in [5.74, 6) is 0.0141. The van der Waals surface area contributed by atoms with Crippen molar-refractivity contribution in [1.29, 1.82) is 0 Å². The highest BCUT2D eigenvalue weighted by Crippen LogP contribution is 2.21. The summed E-state index contributed by atoms with van der Waals surface area (Å²) >= 11 is 0. The van der Waals surface area contributed by atoms with Crippen molar-refractivity contribution in [3.8, 4) is 0 Å². The SMILES string of the molecule is O=C(N/N=C/c1ccco1)c1cccc(S(=O)(=O)N2CCCCC2)c1. The Bertz CT molecular complexity index is 854. The van der Waals surface area contributed by atoms with Gasteiger partial charge in [-0.2, -0.15) is 9.41 Å². The van der Waals surface area contributed by atoms with Crippen molar-refractivity contribution >= 4 is 22.1 Å². The number of nitrogens with zero attached hydrogens (tertiary/aromatic N) is 2. The van der Waals surface area contributed by atoms with Crippen LogP contribution in [0.1, 0.15) is 35.4 Å². The summed E-state index contributed by atoms with van der Waals surface area (Å²) in [6.45, 7) is 1.04. The number of carbonyl (C=O) groups is 1. The third-order valence-corrected chi connectivity index (χ3v) is 5.84. The van der Waals surface area contributed by atoms with Crippen LogP contribution < -0.4 is 5.43 Å². The molecule has 25 heavy (non-hydrogen) atoms. The highest BCUT2D eigenvalue weighted by molar-refractivity contribution is 7.89. The molecule has 1 fully saturated rings. The van der Waals surface area contributed by atoms with Gasteiger partial charge in [0.05, 0.1) is 17.4 Å². The minimum atomic E-state index is -3.57. The van der Waals surface area contributed by atoms with Crippen molar-refractivity contribution in [3.63, 3.8) is 0 Å². The summed E-state index contributed by atoms with van der Waals surface area (Å²) in [5.41, 5.74) is 2.59. The molecule has 3 rings (SSSR count). The minimum Gasteiger partial charge on any atom is -0.463 e. The van der Waals surface area contributed by atoms with Crippen molar-refractivity contribution in [3.05, 3.63) is 54.0 Å². The van der Waals surface area contributed by atoms with Gasteiger partial charge >= 0.3 is 0 Å². The van der Waals surface area contributed by atoms with Gasteiger partial charge in [0, 0.05) is 18.7 Å². The molecule has 1 amide bonds. The van der Waals surface area contributed by atoms with Crippen molar-refractivity contribution in [2.75, 3.05) is 13.1 Å². The Morgan fingerprint density at radius 2 is 1.96 bits per heavy atom. The predicted octanol–water partition coefficient (Wildman–Crippen LogP) is 2.22. The molecule has 0 saturated carbocycles. The zero-order valence-corrected chi connectivity index (χ0v) is 14.4. The van der Waals surface area contributed by atoms with Gasteiger partial charge in [-0.25, -0.2) is 13.8 Å². The van der Waals surface area contributed by atoms with Gasteiger partial charge in [-0.15, -0.1) is 0 Å².